The Hall–Kier alpha value is -1.30. The van der Waals surface area contributed by atoms with E-state index >= 15 is 0 Å². The lowest BCUT2D eigenvalue weighted by Crippen LogP contribution is -2.28. The Morgan fingerprint density at radius 3 is 2.75 bits per heavy atom. The summed E-state index contributed by atoms with van der Waals surface area (Å²) < 4.78 is 37.1. The summed E-state index contributed by atoms with van der Waals surface area (Å²) >= 11 is 0. The van der Waals surface area contributed by atoms with Gasteiger partial charge in [-0.3, -0.25) is 0 Å². The van der Waals surface area contributed by atoms with E-state index in [2.05, 4.69) is 10.3 Å². The number of anilines is 1. The van der Waals surface area contributed by atoms with Crippen LogP contribution in [0.5, 0.6) is 0 Å². The Bertz CT molecular complexity index is 338. The van der Waals surface area contributed by atoms with E-state index in [1.165, 1.54) is 0 Å². The second-order valence-electron chi connectivity index (χ2n) is 3.48. The average Bonchev–Trinajstić information content (AvgIpc) is 2.25. The average molecular weight is 233 g/mol. The first kappa shape index (κ1) is 12.8. The lowest BCUT2D eigenvalue weighted by atomic mass is 10.2. The summed E-state index contributed by atoms with van der Waals surface area (Å²) in [5, 5.41) is 2.77. The molecule has 0 spiro atoms. The first-order valence-corrected chi connectivity index (χ1v) is 4.96. The van der Waals surface area contributed by atoms with E-state index in [-0.39, 0.29) is 11.9 Å². The molecule has 0 amide bonds. The molecule has 6 heteroatoms. The van der Waals surface area contributed by atoms with Crippen LogP contribution in [0.1, 0.15) is 18.9 Å². The molecular formula is C10H14F3N3. The number of alkyl halides is 3. The topological polar surface area (TPSA) is 50.9 Å². The van der Waals surface area contributed by atoms with Crippen LogP contribution < -0.4 is 11.1 Å². The number of rotatable bonds is 4. The maximum absolute atomic E-state index is 12.4. The summed E-state index contributed by atoms with van der Waals surface area (Å²) in [7, 11) is 0. The molecule has 90 valence electrons. The van der Waals surface area contributed by atoms with Crippen LogP contribution in [0.2, 0.25) is 0 Å². The van der Waals surface area contributed by atoms with Crippen molar-refractivity contribution in [2.24, 2.45) is 5.73 Å². The maximum atomic E-state index is 12.4. The van der Waals surface area contributed by atoms with Gasteiger partial charge in [0.05, 0.1) is 5.56 Å². The molecule has 0 fully saturated rings. The van der Waals surface area contributed by atoms with Crippen LogP contribution in [-0.2, 0) is 6.18 Å². The Kier molecular flexibility index (Phi) is 4.12. The van der Waals surface area contributed by atoms with Crippen molar-refractivity contribution in [1.29, 1.82) is 0 Å². The van der Waals surface area contributed by atoms with E-state index in [1.807, 2.05) is 6.92 Å². The summed E-state index contributed by atoms with van der Waals surface area (Å²) in [6.07, 6.45) is -2.46. The van der Waals surface area contributed by atoms with Crippen LogP contribution in [0, 0.1) is 0 Å². The van der Waals surface area contributed by atoms with Crippen LogP contribution in [-0.4, -0.2) is 17.6 Å². The van der Waals surface area contributed by atoms with Crippen LogP contribution in [0.25, 0.3) is 0 Å². The summed E-state index contributed by atoms with van der Waals surface area (Å²) in [6.45, 7) is 2.32. The van der Waals surface area contributed by atoms with Gasteiger partial charge in [0.15, 0.2) is 0 Å². The first-order chi connectivity index (χ1) is 7.43. The van der Waals surface area contributed by atoms with Gasteiger partial charge in [-0.25, -0.2) is 4.98 Å². The lowest BCUT2D eigenvalue weighted by molar-refractivity contribution is -0.137. The molecule has 1 unspecified atom stereocenters. The minimum absolute atomic E-state index is 0.0867. The molecule has 1 rings (SSSR count). The van der Waals surface area contributed by atoms with Gasteiger partial charge in [0.25, 0.3) is 0 Å². The van der Waals surface area contributed by atoms with Gasteiger partial charge in [-0.1, -0.05) is 6.92 Å². The highest BCUT2D eigenvalue weighted by atomic mass is 19.4. The highest BCUT2D eigenvalue weighted by molar-refractivity contribution is 5.38. The summed E-state index contributed by atoms with van der Waals surface area (Å²) in [6, 6.07) is 1.82. The highest BCUT2D eigenvalue weighted by Crippen LogP contribution is 2.29. The van der Waals surface area contributed by atoms with Crippen LogP contribution in [0.15, 0.2) is 18.3 Å². The Labute approximate surface area is 91.9 Å². The summed E-state index contributed by atoms with van der Waals surface area (Å²) in [5.41, 5.74) is 4.92. The van der Waals surface area contributed by atoms with E-state index < -0.39 is 11.7 Å². The number of nitrogens with zero attached hydrogens (tertiary/aromatic N) is 1. The summed E-state index contributed by atoms with van der Waals surface area (Å²) in [4.78, 5) is 3.79. The zero-order valence-corrected chi connectivity index (χ0v) is 8.88. The van der Waals surface area contributed by atoms with Gasteiger partial charge in [0.2, 0.25) is 0 Å². The second-order valence-corrected chi connectivity index (χ2v) is 3.48. The summed E-state index contributed by atoms with van der Waals surface area (Å²) in [5.74, 6) is 0.193. The van der Waals surface area contributed by atoms with Crippen molar-refractivity contribution >= 4 is 5.82 Å². The largest absolute Gasteiger partial charge is 0.416 e. The molecular weight excluding hydrogens is 219 g/mol. The van der Waals surface area contributed by atoms with Crippen molar-refractivity contribution in [3.63, 3.8) is 0 Å². The van der Waals surface area contributed by atoms with E-state index in [9.17, 15) is 13.2 Å². The van der Waals surface area contributed by atoms with E-state index in [0.29, 0.717) is 6.54 Å². The molecule has 0 aliphatic heterocycles. The molecule has 1 aromatic heterocycles. The van der Waals surface area contributed by atoms with Crippen molar-refractivity contribution in [1.82, 2.24) is 4.98 Å². The third-order valence-electron chi connectivity index (χ3n) is 2.16. The molecule has 0 aromatic carbocycles. The van der Waals surface area contributed by atoms with Crippen molar-refractivity contribution in [3.8, 4) is 0 Å². The number of pyridine rings is 1. The molecule has 16 heavy (non-hydrogen) atoms. The zero-order chi connectivity index (χ0) is 12.2. The fourth-order valence-corrected chi connectivity index (χ4v) is 1.08. The van der Waals surface area contributed by atoms with Gasteiger partial charge in [0.1, 0.15) is 5.82 Å². The molecule has 0 saturated carbocycles. The predicted molar refractivity (Wildman–Crippen MR) is 56.0 cm³/mol. The Morgan fingerprint density at radius 1 is 1.50 bits per heavy atom. The molecule has 0 aliphatic rings. The molecule has 0 saturated heterocycles. The molecule has 1 heterocycles. The van der Waals surface area contributed by atoms with Crippen LogP contribution >= 0.6 is 0 Å². The molecule has 3 nitrogen and oxygen atoms in total. The van der Waals surface area contributed by atoms with E-state index in [4.69, 9.17) is 5.73 Å². The van der Waals surface area contributed by atoms with Gasteiger partial charge in [0, 0.05) is 18.8 Å². The zero-order valence-electron chi connectivity index (χ0n) is 8.88. The number of hydrogen-bond acceptors (Lipinski definition) is 3. The van der Waals surface area contributed by atoms with Crippen molar-refractivity contribution < 1.29 is 13.2 Å². The minimum Gasteiger partial charge on any atom is -0.369 e. The SMILES string of the molecule is CCC(N)CNc1cc(C(F)(F)F)ccn1. The molecule has 1 atom stereocenters. The fourth-order valence-electron chi connectivity index (χ4n) is 1.08. The Morgan fingerprint density at radius 2 is 2.19 bits per heavy atom. The molecule has 1 aromatic rings. The van der Waals surface area contributed by atoms with Crippen molar-refractivity contribution in [2.45, 2.75) is 25.6 Å². The molecule has 3 N–H and O–H groups in total. The minimum atomic E-state index is -4.34. The maximum Gasteiger partial charge on any atom is 0.416 e. The number of halogens is 3. The van der Waals surface area contributed by atoms with Crippen molar-refractivity contribution in [3.05, 3.63) is 23.9 Å². The highest BCUT2D eigenvalue weighted by Gasteiger charge is 2.30. The predicted octanol–water partition coefficient (Wildman–Crippen LogP) is 2.25. The van der Waals surface area contributed by atoms with Crippen molar-refractivity contribution in [2.75, 3.05) is 11.9 Å². The smallest absolute Gasteiger partial charge is 0.369 e. The monoisotopic (exact) mass is 233 g/mol. The lowest BCUT2D eigenvalue weighted by Gasteiger charge is -2.12. The van der Waals surface area contributed by atoms with Gasteiger partial charge < -0.3 is 11.1 Å². The number of nitrogens with one attached hydrogen (secondary N) is 1. The molecule has 0 bridgehead atoms. The first-order valence-electron chi connectivity index (χ1n) is 4.96. The quantitative estimate of drug-likeness (QED) is 0.838. The molecule has 0 radical (unpaired) electrons. The molecule has 0 aliphatic carbocycles. The van der Waals surface area contributed by atoms with E-state index in [1.54, 1.807) is 0 Å². The van der Waals surface area contributed by atoms with Gasteiger partial charge >= 0.3 is 6.18 Å². The fraction of sp³-hybridized carbons (Fsp3) is 0.500. The van der Waals surface area contributed by atoms with Gasteiger partial charge in [-0.15, -0.1) is 0 Å². The van der Waals surface area contributed by atoms with Gasteiger partial charge in [-0.05, 0) is 18.6 Å². The van der Waals surface area contributed by atoms with Crippen LogP contribution in [0.4, 0.5) is 19.0 Å². The third-order valence-corrected chi connectivity index (χ3v) is 2.16. The third kappa shape index (κ3) is 3.69. The normalized spacial score (nSPS) is 13.6. The van der Waals surface area contributed by atoms with Crippen LogP contribution in [0.3, 0.4) is 0 Å². The Balaban J connectivity index is 2.68. The second kappa shape index (κ2) is 5.16. The van der Waals surface area contributed by atoms with E-state index in [0.717, 1.165) is 24.8 Å². The number of aromatic nitrogens is 1. The van der Waals surface area contributed by atoms with Gasteiger partial charge in [-0.2, -0.15) is 13.2 Å². The number of hydrogen-bond donors (Lipinski definition) is 2. The number of nitrogens with two attached hydrogens (primary N) is 1. The standard InChI is InChI=1S/C10H14F3N3/c1-2-8(14)6-16-9-5-7(3-4-15-9)10(11,12)13/h3-5,8H,2,6,14H2,1H3,(H,15,16).